The zero-order valence-electron chi connectivity index (χ0n) is 12.5. The molecule has 5 nitrogen and oxygen atoms in total. The molecule has 2 atom stereocenters. The molecule has 0 amide bonds. The van der Waals surface area contributed by atoms with E-state index in [-0.39, 0.29) is 6.04 Å². The summed E-state index contributed by atoms with van der Waals surface area (Å²) in [6.45, 7) is 0.447. The van der Waals surface area contributed by atoms with Gasteiger partial charge in [-0.1, -0.05) is 36.3 Å². The number of aromatic nitrogens is 3. The van der Waals surface area contributed by atoms with Gasteiger partial charge in [-0.2, -0.15) is 0 Å². The van der Waals surface area contributed by atoms with Crippen LogP contribution in [-0.2, 0) is 6.54 Å². The van der Waals surface area contributed by atoms with Crippen LogP contribution in [0.25, 0.3) is 0 Å². The van der Waals surface area contributed by atoms with Gasteiger partial charge in [0.05, 0.1) is 30.6 Å². The number of aliphatic hydroxyl groups excluding tert-OH is 1. The molecule has 0 bridgehead atoms. The van der Waals surface area contributed by atoms with Crippen LogP contribution in [0, 0.1) is 5.92 Å². The Kier molecular flexibility index (Phi) is 5.12. The molecule has 0 radical (unpaired) electrons. The molecular formula is C16H22N4OS. The van der Waals surface area contributed by atoms with Gasteiger partial charge in [0.2, 0.25) is 0 Å². The molecule has 1 heterocycles. The van der Waals surface area contributed by atoms with Crippen LogP contribution in [-0.4, -0.2) is 32.0 Å². The Balaban J connectivity index is 1.46. The van der Waals surface area contributed by atoms with Gasteiger partial charge in [-0.3, -0.25) is 0 Å². The Hall–Kier alpha value is -1.37. The number of benzene rings is 1. The standard InChI is InChI=1S/C16H22N4OS/c17-15(8-12-6-7-12)16-10-20(19-18-16)9-13(21)11-22-14-4-2-1-3-5-14/h1-5,10,12-13,15,21H,6-9,11,17H2. The lowest BCUT2D eigenvalue weighted by Crippen LogP contribution is -2.19. The molecule has 1 aromatic heterocycles. The summed E-state index contributed by atoms with van der Waals surface area (Å²) in [5.41, 5.74) is 6.96. The summed E-state index contributed by atoms with van der Waals surface area (Å²) in [5, 5.41) is 18.3. The average molecular weight is 318 g/mol. The second-order valence-electron chi connectivity index (χ2n) is 5.93. The number of nitrogens with zero attached hydrogens (tertiary/aromatic N) is 3. The summed E-state index contributed by atoms with van der Waals surface area (Å²) in [5.74, 6) is 1.40. The van der Waals surface area contributed by atoms with E-state index >= 15 is 0 Å². The van der Waals surface area contributed by atoms with Gasteiger partial charge < -0.3 is 10.8 Å². The van der Waals surface area contributed by atoms with Gasteiger partial charge in [-0.15, -0.1) is 16.9 Å². The highest BCUT2D eigenvalue weighted by molar-refractivity contribution is 7.99. The van der Waals surface area contributed by atoms with Crippen molar-refractivity contribution >= 4 is 11.8 Å². The molecule has 1 fully saturated rings. The third-order valence-corrected chi connectivity index (χ3v) is 4.96. The van der Waals surface area contributed by atoms with E-state index in [1.165, 1.54) is 12.8 Å². The highest BCUT2D eigenvalue weighted by Crippen LogP contribution is 2.36. The second kappa shape index (κ2) is 7.26. The maximum Gasteiger partial charge on any atom is 0.0994 e. The Labute approximate surface area is 134 Å². The summed E-state index contributed by atoms with van der Waals surface area (Å²) in [6.07, 6.45) is 4.97. The van der Waals surface area contributed by atoms with Crippen LogP contribution in [0.4, 0.5) is 0 Å². The quantitative estimate of drug-likeness (QED) is 0.730. The molecule has 0 spiro atoms. The van der Waals surface area contributed by atoms with E-state index < -0.39 is 6.10 Å². The van der Waals surface area contributed by atoms with E-state index in [4.69, 9.17) is 5.73 Å². The summed E-state index contributed by atoms with van der Waals surface area (Å²) < 4.78 is 1.69. The van der Waals surface area contributed by atoms with Gasteiger partial charge in [0.1, 0.15) is 0 Å². The zero-order chi connectivity index (χ0) is 15.4. The smallest absolute Gasteiger partial charge is 0.0994 e. The maximum absolute atomic E-state index is 10.1. The summed E-state index contributed by atoms with van der Waals surface area (Å²) in [4.78, 5) is 1.16. The largest absolute Gasteiger partial charge is 0.390 e. The minimum atomic E-state index is -0.459. The second-order valence-corrected chi connectivity index (χ2v) is 7.02. The van der Waals surface area contributed by atoms with Crippen LogP contribution < -0.4 is 5.73 Å². The lowest BCUT2D eigenvalue weighted by atomic mass is 10.1. The van der Waals surface area contributed by atoms with Crippen molar-refractivity contribution in [3.63, 3.8) is 0 Å². The summed E-state index contributed by atoms with van der Waals surface area (Å²) in [6, 6.07) is 10.0. The highest BCUT2D eigenvalue weighted by atomic mass is 32.2. The van der Waals surface area contributed by atoms with Crippen LogP contribution in [0.1, 0.15) is 31.0 Å². The summed E-state index contributed by atoms with van der Waals surface area (Å²) in [7, 11) is 0. The van der Waals surface area contributed by atoms with Gasteiger partial charge in [-0.05, 0) is 24.5 Å². The van der Waals surface area contributed by atoms with Gasteiger partial charge in [0, 0.05) is 10.6 Å². The molecule has 1 aliphatic rings. The van der Waals surface area contributed by atoms with Gasteiger partial charge >= 0.3 is 0 Å². The third-order valence-electron chi connectivity index (χ3n) is 3.80. The molecule has 2 aromatic rings. The monoisotopic (exact) mass is 318 g/mol. The van der Waals surface area contributed by atoms with Crippen LogP contribution in [0.2, 0.25) is 0 Å². The van der Waals surface area contributed by atoms with E-state index in [9.17, 15) is 5.11 Å². The molecular weight excluding hydrogens is 296 g/mol. The van der Waals surface area contributed by atoms with Crippen LogP contribution in [0.15, 0.2) is 41.4 Å². The van der Waals surface area contributed by atoms with Gasteiger partial charge in [-0.25, -0.2) is 4.68 Å². The number of hydrogen-bond acceptors (Lipinski definition) is 5. The van der Waals surface area contributed by atoms with E-state index in [2.05, 4.69) is 10.3 Å². The molecule has 2 unspecified atom stereocenters. The fourth-order valence-electron chi connectivity index (χ4n) is 2.38. The third kappa shape index (κ3) is 4.56. The van der Waals surface area contributed by atoms with Crippen molar-refractivity contribution in [2.45, 2.75) is 42.8 Å². The van der Waals surface area contributed by atoms with Crippen molar-refractivity contribution in [2.24, 2.45) is 11.7 Å². The molecule has 1 aliphatic carbocycles. The van der Waals surface area contributed by atoms with Crippen molar-refractivity contribution in [2.75, 3.05) is 5.75 Å². The number of aliphatic hydroxyl groups is 1. The Morgan fingerprint density at radius 1 is 1.32 bits per heavy atom. The first-order valence-electron chi connectivity index (χ1n) is 7.72. The Morgan fingerprint density at radius 3 is 2.82 bits per heavy atom. The molecule has 0 saturated heterocycles. The van der Waals surface area contributed by atoms with Crippen LogP contribution in [0.3, 0.4) is 0 Å². The molecule has 118 valence electrons. The molecule has 1 saturated carbocycles. The predicted molar refractivity (Wildman–Crippen MR) is 87.5 cm³/mol. The topological polar surface area (TPSA) is 77.0 Å². The number of rotatable bonds is 8. The lowest BCUT2D eigenvalue weighted by Gasteiger charge is -2.10. The fraction of sp³-hybridized carbons (Fsp3) is 0.500. The zero-order valence-corrected chi connectivity index (χ0v) is 13.3. The number of hydrogen-bond donors (Lipinski definition) is 2. The minimum absolute atomic E-state index is 0.0305. The van der Waals surface area contributed by atoms with Crippen LogP contribution >= 0.6 is 11.8 Å². The molecule has 3 N–H and O–H groups in total. The number of nitrogens with two attached hydrogens (primary N) is 1. The van der Waals surface area contributed by atoms with E-state index in [0.29, 0.717) is 12.3 Å². The van der Waals surface area contributed by atoms with Crippen molar-refractivity contribution in [1.29, 1.82) is 0 Å². The minimum Gasteiger partial charge on any atom is -0.390 e. The predicted octanol–water partition coefficient (Wildman–Crippen LogP) is 2.23. The van der Waals surface area contributed by atoms with Crippen molar-refractivity contribution in [3.05, 3.63) is 42.2 Å². The molecule has 6 heteroatoms. The molecule has 0 aliphatic heterocycles. The van der Waals surface area contributed by atoms with Crippen molar-refractivity contribution in [1.82, 2.24) is 15.0 Å². The molecule has 3 rings (SSSR count). The Bertz CT molecular complexity index is 585. The molecule has 1 aromatic carbocycles. The Morgan fingerprint density at radius 2 is 2.09 bits per heavy atom. The van der Waals surface area contributed by atoms with Gasteiger partial charge in [0.25, 0.3) is 0 Å². The SMILES string of the molecule is NC(CC1CC1)c1cn(CC(O)CSc2ccccc2)nn1. The fourth-order valence-corrected chi connectivity index (χ4v) is 3.22. The van der Waals surface area contributed by atoms with E-state index in [0.717, 1.165) is 22.9 Å². The number of thioether (sulfide) groups is 1. The van der Waals surface area contributed by atoms with Crippen LogP contribution in [0.5, 0.6) is 0 Å². The van der Waals surface area contributed by atoms with Crippen molar-refractivity contribution < 1.29 is 5.11 Å². The average Bonchev–Trinajstić information content (AvgIpc) is 3.22. The first-order valence-corrected chi connectivity index (χ1v) is 8.71. The molecule has 22 heavy (non-hydrogen) atoms. The maximum atomic E-state index is 10.1. The van der Waals surface area contributed by atoms with Crippen molar-refractivity contribution in [3.8, 4) is 0 Å². The van der Waals surface area contributed by atoms with Gasteiger partial charge in [0.15, 0.2) is 0 Å². The highest BCUT2D eigenvalue weighted by Gasteiger charge is 2.25. The first kappa shape index (κ1) is 15.5. The lowest BCUT2D eigenvalue weighted by molar-refractivity contribution is 0.172. The summed E-state index contributed by atoms with van der Waals surface area (Å²) >= 11 is 1.64. The van der Waals surface area contributed by atoms with E-state index in [1.807, 2.05) is 36.5 Å². The normalized spacial score (nSPS) is 17.4. The first-order chi connectivity index (χ1) is 10.7. The van der Waals surface area contributed by atoms with E-state index in [1.54, 1.807) is 16.4 Å².